The second kappa shape index (κ2) is 4.59. The van der Waals surface area contributed by atoms with Crippen molar-refractivity contribution in [1.29, 1.82) is 0 Å². The molecule has 1 aromatic carbocycles. The zero-order valence-corrected chi connectivity index (χ0v) is 8.29. The summed E-state index contributed by atoms with van der Waals surface area (Å²) < 4.78 is 28.6. The molecule has 0 spiro atoms. The number of para-hydroxylation sites is 1. The fourth-order valence-corrected chi connectivity index (χ4v) is 1.46. The van der Waals surface area contributed by atoms with Crippen molar-refractivity contribution in [2.45, 2.75) is 11.0 Å². The van der Waals surface area contributed by atoms with Gasteiger partial charge in [0.2, 0.25) is 0 Å². The van der Waals surface area contributed by atoms with Crippen molar-refractivity contribution in [3.05, 3.63) is 29.8 Å². The van der Waals surface area contributed by atoms with Gasteiger partial charge in [-0.3, -0.25) is 0 Å². The molecule has 0 heterocycles. The summed E-state index contributed by atoms with van der Waals surface area (Å²) in [5, 5.41) is 0. The molecule has 0 amide bonds. The lowest BCUT2D eigenvalue weighted by Crippen LogP contribution is -2.03. The first-order valence-corrected chi connectivity index (χ1v) is 4.85. The van der Waals surface area contributed by atoms with Gasteiger partial charge in [0.1, 0.15) is 5.75 Å². The number of alkyl halides is 3. The molecule has 0 fully saturated rings. The molecule has 66 valence electrons. The van der Waals surface area contributed by atoms with Gasteiger partial charge in [0.05, 0.1) is 0 Å². The van der Waals surface area contributed by atoms with Gasteiger partial charge < -0.3 is 4.74 Å². The highest BCUT2D eigenvalue weighted by atomic mass is 127. The molecule has 1 nitrogen and oxygen atoms in total. The van der Waals surface area contributed by atoms with E-state index in [9.17, 15) is 8.78 Å². The zero-order chi connectivity index (χ0) is 8.97. The summed E-state index contributed by atoms with van der Waals surface area (Å²) in [5.41, 5.74) is 0.790. The maximum absolute atomic E-state index is 11.8. The van der Waals surface area contributed by atoms with E-state index in [1.807, 2.05) is 0 Å². The minimum atomic E-state index is -2.74. The molecule has 0 N–H and O–H groups in total. The first-order chi connectivity index (χ1) is 5.74. The second-order valence-electron chi connectivity index (χ2n) is 2.12. The lowest BCUT2D eigenvalue weighted by molar-refractivity contribution is -0.0503. The second-order valence-corrected chi connectivity index (χ2v) is 2.88. The van der Waals surface area contributed by atoms with E-state index in [0.29, 0.717) is 4.43 Å². The Bertz CT molecular complexity index is 253. The SMILES string of the molecule is FC(F)Oc1ccccc1CI. The zero-order valence-electron chi connectivity index (χ0n) is 6.14. The van der Waals surface area contributed by atoms with Gasteiger partial charge in [0, 0.05) is 9.99 Å². The highest BCUT2D eigenvalue weighted by molar-refractivity contribution is 14.1. The van der Waals surface area contributed by atoms with Crippen LogP contribution in [0.5, 0.6) is 5.75 Å². The van der Waals surface area contributed by atoms with E-state index >= 15 is 0 Å². The maximum atomic E-state index is 11.8. The van der Waals surface area contributed by atoms with Crippen LogP contribution in [0.15, 0.2) is 24.3 Å². The van der Waals surface area contributed by atoms with Gasteiger partial charge in [-0.05, 0) is 6.07 Å². The summed E-state index contributed by atoms with van der Waals surface area (Å²) in [6, 6.07) is 6.78. The van der Waals surface area contributed by atoms with E-state index < -0.39 is 6.61 Å². The third-order valence-corrected chi connectivity index (χ3v) is 2.15. The van der Waals surface area contributed by atoms with E-state index in [2.05, 4.69) is 27.3 Å². The Morgan fingerprint density at radius 2 is 2.00 bits per heavy atom. The molecule has 1 rings (SSSR count). The minimum Gasteiger partial charge on any atom is -0.435 e. The average molecular weight is 284 g/mol. The highest BCUT2D eigenvalue weighted by Gasteiger charge is 2.06. The van der Waals surface area contributed by atoms with Crippen LogP contribution in [0.4, 0.5) is 8.78 Å². The van der Waals surface area contributed by atoms with Crippen molar-refractivity contribution in [2.75, 3.05) is 0 Å². The number of benzene rings is 1. The summed E-state index contributed by atoms with van der Waals surface area (Å²) in [6.07, 6.45) is 0. The van der Waals surface area contributed by atoms with Gasteiger partial charge in [0.15, 0.2) is 0 Å². The molecule has 0 bridgehead atoms. The third kappa shape index (κ3) is 2.58. The van der Waals surface area contributed by atoms with Crippen molar-refractivity contribution in [3.8, 4) is 5.75 Å². The van der Waals surface area contributed by atoms with Crippen molar-refractivity contribution >= 4 is 22.6 Å². The van der Waals surface area contributed by atoms with Crippen LogP contribution in [0, 0.1) is 0 Å². The van der Waals surface area contributed by atoms with Crippen LogP contribution in [0.25, 0.3) is 0 Å². The number of hydrogen-bond acceptors (Lipinski definition) is 1. The predicted octanol–water partition coefficient (Wildman–Crippen LogP) is 3.22. The smallest absolute Gasteiger partial charge is 0.387 e. The van der Waals surface area contributed by atoms with E-state index in [4.69, 9.17) is 0 Å². The first-order valence-electron chi connectivity index (χ1n) is 3.32. The standard InChI is InChI=1S/C8H7F2IO/c9-8(10)12-7-4-2-1-3-6(7)5-11/h1-4,8H,5H2. The maximum Gasteiger partial charge on any atom is 0.387 e. The quantitative estimate of drug-likeness (QED) is 0.611. The normalized spacial score (nSPS) is 10.3. The highest BCUT2D eigenvalue weighted by Crippen LogP contribution is 2.22. The minimum absolute atomic E-state index is 0.266. The molecule has 0 radical (unpaired) electrons. The molecule has 12 heavy (non-hydrogen) atoms. The fraction of sp³-hybridized carbons (Fsp3) is 0.250. The summed E-state index contributed by atoms with van der Waals surface area (Å²) in [4.78, 5) is 0. The molecular formula is C8H7F2IO. The Labute approximate surface area is 82.9 Å². The Kier molecular flexibility index (Phi) is 3.71. The van der Waals surface area contributed by atoms with Crippen molar-refractivity contribution in [1.82, 2.24) is 0 Å². The Morgan fingerprint density at radius 1 is 1.33 bits per heavy atom. The summed E-state index contributed by atoms with van der Waals surface area (Å²) >= 11 is 2.10. The van der Waals surface area contributed by atoms with Crippen LogP contribution in [-0.2, 0) is 4.43 Å². The topological polar surface area (TPSA) is 9.23 Å². The van der Waals surface area contributed by atoms with Crippen LogP contribution in [0.3, 0.4) is 0 Å². The summed E-state index contributed by atoms with van der Waals surface area (Å²) in [5.74, 6) is 0.266. The Balaban J connectivity index is 2.82. The van der Waals surface area contributed by atoms with Gasteiger partial charge in [-0.25, -0.2) is 0 Å². The average Bonchev–Trinajstić information content (AvgIpc) is 2.04. The molecule has 4 heteroatoms. The monoisotopic (exact) mass is 284 g/mol. The number of halogens is 3. The lowest BCUT2D eigenvalue weighted by atomic mass is 10.2. The molecule has 0 unspecified atom stereocenters. The van der Waals surface area contributed by atoms with E-state index in [1.165, 1.54) is 0 Å². The van der Waals surface area contributed by atoms with E-state index in [0.717, 1.165) is 5.56 Å². The molecule has 0 saturated carbocycles. The van der Waals surface area contributed by atoms with E-state index in [1.54, 1.807) is 24.3 Å². The molecule has 0 aliphatic rings. The number of rotatable bonds is 3. The van der Waals surface area contributed by atoms with Crippen LogP contribution in [0.1, 0.15) is 5.56 Å². The molecular weight excluding hydrogens is 277 g/mol. The molecule has 0 aliphatic heterocycles. The fourth-order valence-electron chi connectivity index (χ4n) is 0.825. The molecule has 1 aromatic rings. The predicted molar refractivity (Wildman–Crippen MR) is 50.8 cm³/mol. The van der Waals surface area contributed by atoms with Crippen molar-refractivity contribution in [3.63, 3.8) is 0 Å². The third-order valence-electron chi connectivity index (χ3n) is 1.33. The summed E-state index contributed by atoms with van der Waals surface area (Å²) in [6.45, 7) is -2.74. The van der Waals surface area contributed by atoms with Crippen molar-refractivity contribution in [2.24, 2.45) is 0 Å². The number of ether oxygens (including phenoxy) is 1. The molecule has 0 aliphatic carbocycles. The number of hydrogen-bond donors (Lipinski definition) is 0. The largest absolute Gasteiger partial charge is 0.435 e. The van der Waals surface area contributed by atoms with E-state index in [-0.39, 0.29) is 5.75 Å². The molecule has 0 aromatic heterocycles. The van der Waals surface area contributed by atoms with Crippen LogP contribution in [0.2, 0.25) is 0 Å². The lowest BCUT2D eigenvalue weighted by Gasteiger charge is -2.07. The summed E-state index contributed by atoms with van der Waals surface area (Å²) in [7, 11) is 0. The molecule has 0 atom stereocenters. The van der Waals surface area contributed by atoms with Gasteiger partial charge in [0.25, 0.3) is 0 Å². The van der Waals surface area contributed by atoms with Crippen molar-refractivity contribution < 1.29 is 13.5 Å². The first kappa shape index (κ1) is 9.70. The van der Waals surface area contributed by atoms with Crippen LogP contribution < -0.4 is 4.74 Å². The Morgan fingerprint density at radius 3 is 2.58 bits per heavy atom. The van der Waals surface area contributed by atoms with Crippen LogP contribution >= 0.6 is 22.6 Å². The van der Waals surface area contributed by atoms with Gasteiger partial charge in [-0.1, -0.05) is 40.8 Å². The van der Waals surface area contributed by atoms with Gasteiger partial charge in [-0.2, -0.15) is 8.78 Å². The van der Waals surface area contributed by atoms with Crippen LogP contribution in [-0.4, -0.2) is 6.61 Å². The van der Waals surface area contributed by atoms with Gasteiger partial charge >= 0.3 is 6.61 Å². The van der Waals surface area contributed by atoms with Gasteiger partial charge in [-0.15, -0.1) is 0 Å². The Hall–Kier alpha value is -0.390. The molecule has 0 saturated heterocycles.